The highest BCUT2D eigenvalue weighted by Crippen LogP contribution is 2.27. The highest BCUT2D eigenvalue weighted by molar-refractivity contribution is 9.10. The van der Waals surface area contributed by atoms with Gasteiger partial charge in [0, 0.05) is 10.2 Å². The van der Waals surface area contributed by atoms with Gasteiger partial charge in [0.25, 0.3) is 10.0 Å². The lowest BCUT2D eigenvalue weighted by Crippen LogP contribution is -2.13. The zero-order valence-corrected chi connectivity index (χ0v) is 13.8. The number of nitrogen functional groups attached to an aromatic ring is 1. The van der Waals surface area contributed by atoms with E-state index in [0.29, 0.717) is 20.9 Å². The molecule has 4 nitrogen and oxygen atoms in total. The molecule has 0 aliphatic heterocycles. The summed E-state index contributed by atoms with van der Waals surface area (Å²) in [5.74, 6) is 0. The van der Waals surface area contributed by atoms with Gasteiger partial charge in [-0.1, -0.05) is 23.2 Å². The van der Waals surface area contributed by atoms with E-state index in [4.69, 9.17) is 28.9 Å². The van der Waals surface area contributed by atoms with Crippen LogP contribution in [0.4, 0.5) is 11.4 Å². The second-order valence-corrected chi connectivity index (χ2v) is 7.27. The molecule has 0 heterocycles. The number of benzene rings is 2. The van der Waals surface area contributed by atoms with E-state index in [-0.39, 0.29) is 9.92 Å². The Morgan fingerprint density at radius 1 is 1.05 bits per heavy atom. The first-order valence-electron chi connectivity index (χ1n) is 5.32. The number of hydrogen-bond acceptors (Lipinski definition) is 3. The topological polar surface area (TPSA) is 72.2 Å². The third-order valence-corrected chi connectivity index (χ3v) is 5.29. The second kappa shape index (κ2) is 5.81. The maximum atomic E-state index is 12.2. The maximum absolute atomic E-state index is 12.2. The lowest BCUT2D eigenvalue weighted by molar-refractivity contribution is 0.601. The van der Waals surface area contributed by atoms with E-state index >= 15 is 0 Å². The van der Waals surface area contributed by atoms with Crippen LogP contribution in [0.1, 0.15) is 0 Å². The summed E-state index contributed by atoms with van der Waals surface area (Å²) < 4.78 is 27.5. The zero-order chi connectivity index (χ0) is 14.9. The van der Waals surface area contributed by atoms with Crippen molar-refractivity contribution >= 4 is 60.5 Å². The van der Waals surface area contributed by atoms with Crippen molar-refractivity contribution in [2.24, 2.45) is 0 Å². The molecule has 0 saturated heterocycles. The number of sulfonamides is 1. The Hall–Kier alpha value is -0.950. The van der Waals surface area contributed by atoms with Gasteiger partial charge in [-0.3, -0.25) is 4.72 Å². The van der Waals surface area contributed by atoms with E-state index < -0.39 is 10.0 Å². The number of nitrogens with two attached hydrogens (primary N) is 1. The van der Waals surface area contributed by atoms with Crippen LogP contribution in [0.25, 0.3) is 0 Å². The van der Waals surface area contributed by atoms with Gasteiger partial charge >= 0.3 is 0 Å². The van der Waals surface area contributed by atoms with E-state index in [1.54, 1.807) is 12.1 Å². The molecule has 20 heavy (non-hydrogen) atoms. The number of rotatable bonds is 3. The van der Waals surface area contributed by atoms with Gasteiger partial charge in [-0.25, -0.2) is 8.42 Å². The number of nitrogens with one attached hydrogen (secondary N) is 1. The van der Waals surface area contributed by atoms with Crippen molar-refractivity contribution in [2.45, 2.75) is 4.90 Å². The largest absolute Gasteiger partial charge is 0.398 e. The molecule has 2 aromatic carbocycles. The van der Waals surface area contributed by atoms with Crippen LogP contribution in [0.5, 0.6) is 0 Å². The molecule has 0 aliphatic rings. The molecule has 0 spiro atoms. The average Bonchev–Trinajstić information content (AvgIpc) is 2.37. The molecule has 0 atom stereocenters. The lowest BCUT2D eigenvalue weighted by Gasteiger charge is -2.10. The molecule has 0 fully saturated rings. The average molecular weight is 396 g/mol. The quantitative estimate of drug-likeness (QED) is 0.767. The summed E-state index contributed by atoms with van der Waals surface area (Å²) in [6.45, 7) is 0. The summed E-state index contributed by atoms with van der Waals surface area (Å²) in [5.41, 5.74) is 6.49. The summed E-state index contributed by atoms with van der Waals surface area (Å²) in [6.07, 6.45) is 0. The number of hydrogen-bond donors (Lipinski definition) is 2. The number of halogens is 3. The molecule has 0 unspecified atom stereocenters. The van der Waals surface area contributed by atoms with Gasteiger partial charge in [0.05, 0.1) is 20.6 Å². The Morgan fingerprint density at radius 3 is 2.35 bits per heavy atom. The van der Waals surface area contributed by atoms with Crippen molar-refractivity contribution in [3.05, 3.63) is 50.9 Å². The van der Waals surface area contributed by atoms with Crippen molar-refractivity contribution in [3.8, 4) is 0 Å². The molecule has 0 radical (unpaired) electrons. The van der Waals surface area contributed by atoms with Crippen LogP contribution in [0.15, 0.2) is 45.8 Å². The monoisotopic (exact) mass is 394 g/mol. The van der Waals surface area contributed by atoms with Crippen molar-refractivity contribution in [1.29, 1.82) is 0 Å². The van der Waals surface area contributed by atoms with Gasteiger partial charge in [-0.15, -0.1) is 0 Å². The van der Waals surface area contributed by atoms with Gasteiger partial charge < -0.3 is 5.73 Å². The van der Waals surface area contributed by atoms with Gasteiger partial charge in [-0.05, 0) is 52.3 Å². The van der Waals surface area contributed by atoms with Gasteiger partial charge in [0.2, 0.25) is 0 Å². The molecule has 8 heteroatoms. The highest BCUT2D eigenvalue weighted by Gasteiger charge is 2.16. The minimum absolute atomic E-state index is 0.0217. The van der Waals surface area contributed by atoms with Crippen molar-refractivity contribution in [1.82, 2.24) is 0 Å². The Labute approximate surface area is 135 Å². The molecule has 3 N–H and O–H groups in total. The number of anilines is 2. The summed E-state index contributed by atoms with van der Waals surface area (Å²) in [5, 5.41) is 0.461. The fourth-order valence-electron chi connectivity index (χ4n) is 1.47. The molecule has 0 aliphatic carbocycles. The summed E-state index contributed by atoms with van der Waals surface area (Å²) in [4.78, 5) is 0.0217. The Kier molecular flexibility index (Phi) is 4.49. The normalized spacial score (nSPS) is 11.3. The predicted molar refractivity (Wildman–Crippen MR) is 85.8 cm³/mol. The SMILES string of the molecule is Nc1cc(NS(=O)(=O)c2ccc(Cl)c(Cl)c2)ccc1Br. The molecule has 2 aromatic rings. The Morgan fingerprint density at radius 2 is 1.75 bits per heavy atom. The molecule has 106 valence electrons. The van der Waals surface area contributed by atoms with E-state index in [1.807, 2.05) is 0 Å². The Bertz CT molecular complexity index is 766. The molecule has 0 aromatic heterocycles. The van der Waals surface area contributed by atoms with Crippen molar-refractivity contribution in [3.63, 3.8) is 0 Å². The van der Waals surface area contributed by atoms with E-state index in [2.05, 4.69) is 20.7 Å². The lowest BCUT2D eigenvalue weighted by atomic mass is 10.3. The standard InChI is InChI=1S/C12H9BrCl2N2O2S/c13-9-3-1-7(5-12(9)16)17-20(18,19)8-2-4-10(14)11(15)6-8/h1-6,17H,16H2. The van der Waals surface area contributed by atoms with E-state index in [1.165, 1.54) is 24.3 Å². The molecular weight excluding hydrogens is 387 g/mol. The molecule has 0 bridgehead atoms. The molecule has 2 rings (SSSR count). The van der Waals surface area contributed by atoms with Crippen LogP contribution >= 0.6 is 39.1 Å². The summed E-state index contributed by atoms with van der Waals surface area (Å²) in [7, 11) is -3.75. The first-order chi connectivity index (χ1) is 9.29. The van der Waals surface area contributed by atoms with E-state index in [9.17, 15) is 8.42 Å². The minimum atomic E-state index is -3.75. The molecule has 0 saturated carbocycles. The molecule has 0 amide bonds. The predicted octanol–water partition coefficient (Wildman–Crippen LogP) is 4.14. The smallest absolute Gasteiger partial charge is 0.261 e. The third-order valence-electron chi connectivity index (χ3n) is 2.45. The van der Waals surface area contributed by atoms with Gasteiger partial charge in [-0.2, -0.15) is 0 Å². The van der Waals surface area contributed by atoms with Crippen molar-refractivity contribution in [2.75, 3.05) is 10.5 Å². The van der Waals surface area contributed by atoms with Crippen LogP contribution < -0.4 is 10.5 Å². The van der Waals surface area contributed by atoms with Crippen molar-refractivity contribution < 1.29 is 8.42 Å². The summed E-state index contributed by atoms with van der Waals surface area (Å²) in [6, 6.07) is 8.85. The third kappa shape index (κ3) is 3.38. The van der Waals surface area contributed by atoms with Crippen LogP contribution in [0.2, 0.25) is 10.0 Å². The maximum Gasteiger partial charge on any atom is 0.261 e. The fraction of sp³-hybridized carbons (Fsp3) is 0. The summed E-state index contributed by atoms with van der Waals surface area (Å²) >= 11 is 14.8. The zero-order valence-electron chi connectivity index (χ0n) is 9.90. The fourth-order valence-corrected chi connectivity index (χ4v) is 3.15. The van der Waals surface area contributed by atoms with Crippen LogP contribution in [0, 0.1) is 0 Å². The van der Waals surface area contributed by atoms with E-state index in [0.717, 1.165) is 0 Å². The first-order valence-corrected chi connectivity index (χ1v) is 8.36. The van der Waals surface area contributed by atoms with Crippen LogP contribution in [0.3, 0.4) is 0 Å². The second-order valence-electron chi connectivity index (χ2n) is 3.92. The first kappa shape index (κ1) is 15.4. The van der Waals surface area contributed by atoms with Crippen LogP contribution in [-0.4, -0.2) is 8.42 Å². The van der Waals surface area contributed by atoms with Crippen LogP contribution in [-0.2, 0) is 10.0 Å². The molecular formula is C12H9BrCl2N2O2S. The minimum Gasteiger partial charge on any atom is -0.398 e. The Balaban J connectivity index is 2.35. The van der Waals surface area contributed by atoms with Gasteiger partial charge in [0.1, 0.15) is 0 Å². The highest BCUT2D eigenvalue weighted by atomic mass is 79.9. The van der Waals surface area contributed by atoms with Gasteiger partial charge in [0.15, 0.2) is 0 Å².